The van der Waals surface area contributed by atoms with Crippen molar-refractivity contribution in [2.24, 2.45) is 5.92 Å². The molecule has 1 rings (SSSR count). The van der Waals surface area contributed by atoms with Crippen LogP contribution in [-0.4, -0.2) is 17.1 Å². The Labute approximate surface area is 89.5 Å². The van der Waals surface area contributed by atoms with Gasteiger partial charge < -0.3 is 9.72 Å². The van der Waals surface area contributed by atoms with Crippen LogP contribution in [0.2, 0.25) is 0 Å². The van der Waals surface area contributed by atoms with E-state index >= 15 is 0 Å². The van der Waals surface area contributed by atoms with Gasteiger partial charge in [-0.2, -0.15) is 0 Å². The van der Waals surface area contributed by atoms with Crippen molar-refractivity contribution in [1.82, 2.24) is 9.97 Å². The molecule has 0 atom stereocenters. The van der Waals surface area contributed by atoms with Crippen molar-refractivity contribution in [2.75, 3.05) is 7.11 Å². The van der Waals surface area contributed by atoms with Crippen molar-refractivity contribution < 1.29 is 4.74 Å². The third-order valence-electron chi connectivity index (χ3n) is 1.91. The number of aromatic amines is 1. The van der Waals surface area contributed by atoms with Gasteiger partial charge in [0.15, 0.2) is 10.4 Å². The molecular weight excluding hydrogens is 196 g/mol. The fourth-order valence-electron chi connectivity index (χ4n) is 1.36. The Hall–Kier alpha value is -0.900. The summed E-state index contributed by atoms with van der Waals surface area (Å²) in [5.41, 5.74) is 0.947. The molecule has 4 heteroatoms. The van der Waals surface area contributed by atoms with Gasteiger partial charge in [0, 0.05) is 6.42 Å². The second-order valence-electron chi connectivity index (χ2n) is 3.74. The summed E-state index contributed by atoms with van der Waals surface area (Å²) in [7, 11) is 1.61. The quantitative estimate of drug-likeness (QED) is 0.783. The maximum Gasteiger partial charge on any atom is 0.174 e. The molecule has 0 aliphatic heterocycles. The van der Waals surface area contributed by atoms with E-state index in [1.165, 1.54) is 0 Å². The van der Waals surface area contributed by atoms with Crippen molar-refractivity contribution in [3.05, 3.63) is 16.2 Å². The summed E-state index contributed by atoms with van der Waals surface area (Å²) in [6, 6.07) is 0. The molecule has 1 N–H and O–H groups in total. The number of ether oxygens (including phenoxy) is 1. The number of hydrogen-bond acceptors (Lipinski definition) is 3. The molecule has 0 aromatic carbocycles. The summed E-state index contributed by atoms with van der Waals surface area (Å²) < 4.78 is 5.68. The summed E-state index contributed by atoms with van der Waals surface area (Å²) in [5.74, 6) is 2.18. The number of nitrogens with zero attached hydrogens (tertiary/aromatic N) is 1. The van der Waals surface area contributed by atoms with Crippen molar-refractivity contribution in [2.45, 2.75) is 27.2 Å². The monoisotopic (exact) mass is 212 g/mol. The van der Waals surface area contributed by atoms with E-state index < -0.39 is 0 Å². The van der Waals surface area contributed by atoms with E-state index in [9.17, 15) is 0 Å². The standard InChI is InChI=1S/C10H16N2OS/c1-6(2)5-8-11-7(3)9(13-4)10(14)12-8/h6H,5H2,1-4H3,(H,11,12,14). The highest BCUT2D eigenvalue weighted by Crippen LogP contribution is 2.16. The van der Waals surface area contributed by atoms with E-state index in [4.69, 9.17) is 17.0 Å². The minimum atomic E-state index is 0.541. The average molecular weight is 212 g/mol. The van der Waals surface area contributed by atoms with Crippen LogP contribution in [0.25, 0.3) is 0 Å². The number of hydrogen-bond donors (Lipinski definition) is 1. The fraction of sp³-hybridized carbons (Fsp3) is 0.600. The Morgan fingerprint density at radius 1 is 1.50 bits per heavy atom. The third-order valence-corrected chi connectivity index (χ3v) is 2.19. The molecule has 0 amide bonds. The Morgan fingerprint density at radius 3 is 2.57 bits per heavy atom. The molecular formula is C10H16N2OS. The van der Waals surface area contributed by atoms with Crippen LogP contribution in [0.5, 0.6) is 5.75 Å². The van der Waals surface area contributed by atoms with Crippen molar-refractivity contribution in [1.29, 1.82) is 0 Å². The zero-order chi connectivity index (χ0) is 10.7. The van der Waals surface area contributed by atoms with Crippen molar-refractivity contribution in [3.63, 3.8) is 0 Å². The van der Waals surface area contributed by atoms with Crippen LogP contribution in [0.4, 0.5) is 0 Å². The van der Waals surface area contributed by atoms with Crippen LogP contribution >= 0.6 is 12.2 Å². The maximum absolute atomic E-state index is 5.14. The molecule has 0 aliphatic carbocycles. The highest BCUT2D eigenvalue weighted by Gasteiger charge is 2.06. The van der Waals surface area contributed by atoms with Crippen molar-refractivity contribution >= 4 is 12.2 Å². The molecule has 0 unspecified atom stereocenters. The Kier molecular flexibility index (Phi) is 3.63. The van der Waals surface area contributed by atoms with Crippen LogP contribution in [0.15, 0.2) is 0 Å². The largest absolute Gasteiger partial charge is 0.492 e. The first-order valence-corrected chi connectivity index (χ1v) is 5.09. The predicted octanol–water partition coefficient (Wildman–Crippen LogP) is 2.65. The van der Waals surface area contributed by atoms with Gasteiger partial charge in [0.1, 0.15) is 5.82 Å². The van der Waals surface area contributed by atoms with Gasteiger partial charge in [-0.05, 0) is 12.8 Å². The lowest BCUT2D eigenvalue weighted by Gasteiger charge is -2.08. The molecule has 3 nitrogen and oxygen atoms in total. The highest BCUT2D eigenvalue weighted by molar-refractivity contribution is 7.71. The molecule has 0 aliphatic rings. The van der Waals surface area contributed by atoms with Gasteiger partial charge in [0.25, 0.3) is 0 Å². The van der Waals surface area contributed by atoms with Crippen LogP contribution in [0, 0.1) is 17.5 Å². The second-order valence-corrected chi connectivity index (χ2v) is 4.13. The maximum atomic E-state index is 5.14. The lowest BCUT2D eigenvalue weighted by Crippen LogP contribution is -2.04. The van der Waals surface area contributed by atoms with Crippen molar-refractivity contribution in [3.8, 4) is 5.75 Å². The van der Waals surface area contributed by atoms with E-state index in [2.05, 4.69) is 23.8 Å². The van der Waals surface area contributed by atoms with Crippen LogP contribution in [0.1, 0.15) is 25.4 Å². The molecule has 0 fully saturated rings. The Balaban J connectivity index is 3.08. The Morgan fingerprint density at radius 2 is 2.14 bits per heavy atom. The zero-order valence-electron chi connectivity index (χ0n) is 9.05. The molecule has 0 saturated carbocycles. The topological polar surface area (TPSA) is 37.9 Å². The van der Waals surface area contributed by atoms with Gasteiger partial charge >= 0.3 is 0 Å². The van der Waals surface area contributed by atoms with E-state index in [0.717, 1.165) is 17.9 Å². The SMILES string of the molecule is COc1c(C)[nH]c(CC(C)C)nc1=S. The minimum absolute atomic E-state index is 0.541. The summed E-state index contributed by atoms with van der Waals surface area (Å²) in [6.45, 7) is 6.25. The van der Waals surface area contributed by atoms with E-state index in [-0.39, 0.29) is 0 Å². The number of H-pyrrole nitrogens is 1. The number of rotatable bonds is 3. The van der Waals surface area contributed by atoms with Crippen LogP contribution in [0.3, 0.4) is 0 Å². The Bertz CT molecular complexity index is 371. The first kappa shape index (κ1) is 11.2. The number of nitrogens with one attached hydrogen (secondary N) is 1. The molecule has 1 heterocycles. The molecule has 0 bridgehead atoms. The third kappa shape index (κ3) is 2.54. The molecule has 14 heavy (non-hydrogen) atoms. The summed E-state index contributed by atoms with van der Waals surface area (Å²) >= 11 is 5.12. The fourth-order valence-corrected chi connectivity index (χ4v) is 1.71. The molecule has 78 valence electrons. The number of aromatic nitrogens is 2. The van der Waals surface area contributed by atoms with Crippen LogP contribution in [-0.2, 0) is 6.42 Å². The number of aryl methyl sites for hydroxylation is 1. The zero-order valence-corrected chi connectivity index (χ0v) is 9.86. The molecule has 0 saturated heterocycles. The summed E-state index contributed by atoms with van der Waals surface area (Å²) in [4.78, 5) is 7.48. The normalized spacial score (nSPS) is 10.6. The van der Waals surface area contributed by atoms with Gasteiger partial charge in [-0.25, -0.2) is 4.98 Å². The van der Waals surface area contributed by atoms with Gasteiger partial charge in [0.05, 0.1) is 12.8 Å². The lowest BCUT2D eigenvalue weighted by atomic mass is 10.1. The van der Waals surface area contributed by atoms with E-state index in [1.807, 2.05) is 6.92 Å². The first-order chi connectivity index (χ1) is 6.54. The average Bonchev–Trinajstić information content (AvgIpc) is 2.01. The highest BCUT2D eigenvalue weighted by atomic mass is 32.1. The van der Waals surface area contributed by atoms with E-state index in [0.29, 0.717) is 16.3 Å². The first-order valence-electron chi connectivity index (χ1n) is 4.68. The van der Waals surface area contributed by atoms with Gasteiger partial charge in [0.2, 0.25) is 0 Å². The minimum Gasteiger partial charge on any atom is -0.492 e. The summed E-state index contributed by atoms with van der Waals surface area (Å²) in [5, 5.41) is 0. The molecule has 0 spiro atoms. The van der Waals surface area contributed by atoms with E-state index in [1.54, 1.807) is 7.11 Å². The van der Waals surface area contributed by atoms with Gasteiger partial charge in [-0.15, -0.1) is 0 Å². The van der Waals surface area contributed by atoms with Gasteiger partial charge in [-0.3, -0.25) is 0 Å². The van der Waals surface area contributed by atoms with Crippen LogP contribution < -0.4 is 4.74 Å². The number of methoxy groups -OCH3 is 1. The lowest BCUT2D eigenvalue weighted by molar-refractivity contribution is 0.403. The van der Waals surface area contributed by atoms with Gasteiger partial charge in [-0.1, -0.05) is 26.1 Å². The smallest absolute Gasteiger partial charge is 0.174 e. The molecule has 1 aromatic heterocycles. The second kappa shape index (κ2) is 4.55. The molecule has 0 radical (unpaired) electrons. The molecule has 1 aromatic rings. The predicted molar refractivity (Wildman–Crippen MR) is 59.3 cm³/mol. The summed E-state index contributed by atoms with van der Waals surface area (Å²) in [6.07, 6.45) is 0.911.